The standard InChI is InChI=1S/C22H26N2O3S/c1-4-16(3)24-21(26)19-7-5-6-8-20(19)23-22(24)28-14-17(25)13-27-18-11-9-15(2)10-12-18/h5-12,16-17,25H,4,13-14H2,1-3H3/t16-,17-/m0/s1. The van der Waals surface area contributed by atoms with Crippen LogP contribution in [0, 0.1) is 6.92 Å². The second-order valence-corrected chi connectivity index (χ2v) is 7.92. The Labute approximate surface area is 169 Å². The van der Waals surface area contributed by atoms with Crippen molar-refractivity contribution < 1.29 is 9.84 Å². The maximum atomic E-state index is 13.0. The van der Waals surface area contributed by atoms with Crippen LogP contribution in [-0.4, -0.2) is 33.1 Å². The Morgan fingerprint density at radius 2 is 1.89 bits per heavy atom. The Kier molecular flexibility index (Phi) is 6.75. The van der Waals surface area contributed by atoms with Gasteiger partial charge >= 0.3 is 0 Å². The van der Waals surface area contributed by atoms with E-state index in [4.69, 9.17) is 4.74 Å². The van der Waals surface area contributed by atoms with Crippen LogP contribution < -0.4 is 10.3 Å². The number of aryl methyl sites for hydroxylation is 1. The normalized spacial score (nSPS) is 13.4. The minimum Gasteiger partial charge on any atom is -0.491 e. The van der Waals surface area contributed by atoms with Crippen molar-refractivity contribution in [3.63, 3.8) is 0 Å². The first-order valence-corrected chi connectivity index (χ1v) is 10.5. The summed E-state index contributed by atoms with van der Waals surface area (Å²) in [7, 11) is 0. The molecule has 0 unspecified atom stereocenters. The van der Waals surface area contributed by atoms with Crippen LogP contribution in [0.15, 0.2) is 58.5 Å². The highest BCUT2D eigenvalue weighted by Gasteiger charge is 2.17. The summed E-state index contributed by atoms with van der Waals surface area (Å²) >= 11 is 1.39. The predicted octanol–water partition coefficient (Wildman–Crippen LogP) is 4.21. The van der Waals surface area contributed by atoms with Crippen LogP contribution in [0.3, 0.4) is 0 Å². The van der Waals surface area contributed by atoms with Crippen molar-refractivity contribution in [2.24, 2.45) is 0 Å². The number of aliphatic hydroxyl groups excluding tert-OH is 1. The number of aliphatic hydroxyl groups is 1. The SMILES string of the molecule is CC[C@H](C)n1c(SC[C@@H](O)COc2ccc(C)cc2)nc2ccccc2c1=O. The molecule has 6 heteroatoms. The fourth-order valence-corrected chi connectivity index (χ4v) is 3.85. The zero-order valence-corrected chi connectivity index (χ0v) is 17.3. The van der Waals surface area contributed by atoms with Gasteiger partial charge < -0.3 is 9.84 Å². The number of aromatic nitrogens is 2. The number of thioether (sulfide) groups is 1. The van der Waals surface area contributed by atoms with E-state index in [1.165, 1.54) is 11.8 Å². The molecular formula is C22H26N2O3S. The van der Waals surface area contributed by atoms with Crippen molar-refractivity contribution in [2.75, 3.05) is 12.4 Å². The molecule has 28 heavy (non-hydrogen) atoms. The second kappa shape index (κ2) is 9.26. The van der Waals surface area contributed by atoms with E-state index in [1.54, 1.807) is 4.57 Å². The van der Waals surface area contributed by atoms with Crippen molar-refractivity contribution in [3.05, 3.63) is 64.4 Å². The molecule has 1 N–H and O–H groups in total. The third kappa shape index (κ3) is 4.75. The Bertz CT molecular complexity index is 985. The van der Waals surface area contributed by atoms with Gasteiger partial charge in [0, 0.05) is 11.8 Å². The lowest BCUT2D eigenvalue weighted by atomic mass is 10.2. The van der Waals surface area contributed by atoms with Crippen LogP contribution in [0.2, 0.25) is 0 Å². The summed E-state index contributed by atoms with van der Waals surface area (Å²) in [6.45, 7) is 6.27. The number of para-hydroxylation sites is 1. The number of rotatable bonds is 8. The first-order chi connectivity index (χ1) is 13.5. The van der Waals surface area contributed by atoms with E-state index >= 15 is 0 Å². The molecule has 1 aromatic heterocycles. The van der Waals surface area contributed by atoms with Crippen molar-refractivity contribution in [3.8, 4) is 5.75 Å². The third-order valence-corrected chi connectivity index (χ3v) is 5.77. The monoisotopic (exact) mass is 398 g/mol. The molecule has 0 saturated heterocycles. The molecule has 2 atom stereocenters. The van der Waals surface area contributed by atoms with Crippen LogP contribution in [0.5, 0.6) is 5.75 Å². The molecule has 0 spiro atoms. The summed E-state index contributed by atoms with van der Waals surface area (Å²) < 4.78 is 7.39. The van der Waals surface area contributed by atoms with Gasteiger partial charge in [-0.05, 0) is 44.5 Å². The van der Waals surface area contributed by atoms with E-state index < -0.39 is 6.10 Å². The minimum atomic E-state index is -0.667. The molecule has 5 nitrogen and oxygen atoms in total. The van der Waals surface area contributed by atoms with Crippen LogP contribution in [0.4, 0.5) is 0 Å². The van der Waals surface area contributed by atoms with Crippen molar-refractivity contribution >= 4 is 22.7 Å². The van der Waals surface area contributed by atoms with E-state index in [-0.39, 0.29) is 18.2 Å². The molecule has 0 aliphatic carbocycles. The molecule has 0 saturated carbocycles. The third-order valence-electron chi connectivity index (χ3n) is 4.68. The fraction of sp³-hybridized carbons (Fsp3) is 0.364. The average molecular weight is 399 g/mol. The van der Waals surface area contributed by atoms with Gasteiger partial charge in [-0.1, -0.05) is 48.5 Å². The topological polar surface area (TPSA) is 64.3 Å². The van der Waals surface area contributed by atoms with E-state index in [2.05, 4.69) is 4.98 Å². The van der Waals surface area contributed by atoms with Crippen molar-refractivity contribution in [1.82, 2.24) is 9.55 Å². The molecule has 0 radical (unpaired) electrons. The van der Waals surface area contributed by atoms with E-state index in [0.29, 0.717) is 21.8 Å². The summed E-state index contributed by atoms with van der Waals surface area (Å²) in [4.78, 5) is 17.6. The first kappa shape index (κ1) is 20.4. The lowest BCUT2D eigenvalue weighted by molar-refractivity contribution is 0.126. The molecule has 0 aliphatic rings. The van der Waals surface area contributed by atoms with Gasteiger partial charge in [-0.15, -0.1) is 0 Å². The largest absolute Gasteiger partial charge is 0.491 e. The van der Waals surface area contributed by atoms with Gasteiger partial charge in [0.15, 0.2) is 5.16 Å². The highest BCUT2D eigenvalue weighted by atomic mass is 32.2. The van der Waals surface area contributed by atoms with Gasteiger partial charge in [0.05, 0.1) is 17.0 Å². The second-order valence-electron chi connectivity index (χ2n) is 6.93. The number of ether oxygens (including phenoxy) is 1. The molecule has 148 valence electrons. The van der Waals surface area contributed by atoms with Crippen molar-refractivity contribution in [1.29, 1.82) is 0 Å². The molecule has 0 aliphatic heterocycles. The van der Waals surface area contributed by atoms with Crippen molar-refractivity contribution in [2.45, 2.75) is 44.5 Å². The van der Waals surface area contributed by atoms with Gasteiger partial charge in [0.25, 0.3) is 5.56 Å². The van der Waals surface area contributed by atoms with Gasteiger partial charge in [-0.25, -0.2) is 4.98 Å². The maximum Gasteiger partial charge on any atom is 0.262 e. The van der Waals surface area contributed by atoms with Gasteiger partial charge in [-0.2, -0.15) is 0 Å². The van der Waals surface area contributed by atoms with Gasteiger partial charge in [0.2, 0.25) is 0 Å². The summed E-state index contributed by atoms with van der Waals surface area (Å²) in [5, 5.41) is 11.6. The number of fused-ring (bicyclic) bond motifs is 1. The average Bonchev–Trinajstić information content (AvgIpc) is 2.71. The molecule has 2 aromatic carbocycles. The Balaban J connectivity index is 1.73. The smallest absolute Gasteiger partial charge is 0.262 e. The molecule has 0 fully saturated rings. The fourth-order valence-electron chi connectivity index (χ4n) is 2.84. The number of benzene rings is 2. The minimum absolute atomic E-state index is 0.0344. The Hall–Kier alpha value is -2.31. The predicted molar refractivity (Wildman–Crippen MR) is 114 cm³/mol. The Morgan fingerprint density at radius 3 is 2.61 bits per heavy atom. The summed E-state index contributed by atoms with van der Waals surface area (Å²) in [5.74, 6) is 1.13. The van der Waals surface area contributed by atoms with Crippen LogP contribution in [-0.2, 0) is 0 Å². The lowest BCUT2D eigenvalue weighted by Gasteiger charge is -2.19. The molecule has 1 heterocycles. The molecule has 3 rings (SSSR count). The van der Waals surface area contributed by atoms with Crippen LogP contribution in [0.25, 0.3) is 10.9 Å². The Morgan fingerprint density at radius 1 is 1.18 bits per heavy atom. The summed E-state index contributed by atoms with van der Waals surface area (Å²) in [5.41, 5.74) is 1.81. The van der Waals surface area contributed by atoms with E-state index in [0.717, 1.165) is 17.7 Å². The molecular weight excluding hydrogens is 372 g/mol. The zero-order chi connectivity index (χ0) is 20.1. The number of hydrogen-bond acceptors (Lipinski definition) is 5. The molecule has 0 bridgehead atoms. The van der Waals surface area contributed by atoms with Crippen LogP contribution in [0.1, 0.15) is 31.9 Å². The summed E-state index contributed by atoms with van der Waals surface area (Å²) in [6, 6.07) is 15.1. The molecule has 3 aromatic rings. The van der Waals surface area contributed by atoms with E-state index in [9.17, 15) is 9.90 Å². The highest BCUT2D eigenvalue weighted by Crippen LogP contribution is 2.23. The number of nitrogens with zero attached hydrogens (tertiary/aromatic N) is 2. The first-order valence-electron chi connectivity index (χ1n) is 9.51. The maximum absolute atomic E-state index is 13.0. The highest BCUT2D eigenvalue weighted by molar-refractivity contribution is 7.99. The summed E-state index contributed by atoms with van der Waals surface area (Å²) in [6.07, 6.45) is 0.159. The van der Waals surface area contributed by atoms with Crippen LogP contribution >= 0.6 is 11.8 Å². The van der Waals surface area contributed by atoms with E-state index in [1.807, 2.05) is 69.3 Å². The van der Waals surface area contributed by atoms with Gasteiger partial charge in [0.1, 0.15) is 12.4 Å². The lowest BCUT2D eigenvalue weighted by Crippen LogP contribution is -2.27. The molecule has 0 amide bonds. The quantitative estimate of drug-likeness (QED) is 0.455. The zero-order valence-electron chi connectivity index (χ0n) is 16.5. The number of hydrogen-bond donors (Lipinski definition) is 1. The van der Waals surface area contributed by atoms with Gasteiger partial charge in [-0.3, -0.25) is 9.36 Å².